The number of carbonyl (C=O) groups excluding carboxylic acids is 1. The molecular formula is C11H11F3O2S. The van der Waals surface area contributed by atoms with Gasteiger partial charge in [0, 0.05) is 4.90 Å². The van der Waals surface area contributed by atoms with Gasteiger partial charge in [0.15, 0.2) is 5.78 Å². The van der Waals surface area contributed by atoms with Crippen molar-refractivity contribution in [3.8, 4) is 5.75 Å². The summed E-state index contributed by atoms with van der Waals surface area (Å²) in [6, 6.07) is 1.81. The minimum atomic E-state index is -4.45. The molecule has 6 heteroatoms. The Morgan fingerprint density at radius 2 is 1.94 bits per heavy atom. The number of hydrogen-bond acceptors (Lipinski definition) is 3. The number of ketones is 1. The second-order valence-corrected chi connectivity index (χ2v) is 4.16. The summed E-state index contributed by atoms with van der Waals surface area (Å²) in [4.78, 5) is 11.7. The number of halogens is 3. The van der Waals surface area contributed by atoms with Crippen molar-refractivity contribution in [2.45, 2.75) is 18.0 Å². The maximum Gasteiger partial charge on any atom is 0.416 e. The molecule has 0 amide bonds. The number of carbonyl (C=O) groups is 1. The first-order valence-corrected chi connectivity index (χ1v) is 5.88. The van der Waals surface area contributed by atoms with Gasteiger partial charge < -0.3 is 4.74 Å². The smallest absolute Gasteiger partial charge is 0.416 e. The summed E-state index contributed by atoms with van der Waals surface area (Å²) in [5.74, 6) is -0.364. The molecule has 0 unspecified atom stereocenters. The van der Waals surface area contributed by atoms with Crippen LogP contribution in [0.3, 0.4) is 0 Å². The molecule has 0 aliphatic carbocycles. The first kappa shape index (κ1) is 13.9. The molecule has 1 aromatic rings. The second kappa shape index (κ2) is 5.00. The molecule has 17 heavy (non-hydrogen) atoms. The Kier molecular flexibility index (Phi) is 4.08. The van der Waals surface area contributed by atoms with Gasteiger partial charge in [-0.3, -0.25) is 4.79 Å². The third kappa shape index (κ3) is 2.94. The Hall–Kier alpha value is -1.17. The number of hydrogen-bond donors (Lipinski definition) is 0. The molecular weight excluding hydrogens is 253 g/mol. The highest BCUT2D eigenvalue weighted by atomic mass is 32.2. The molecule has 1 aromatic carbocycles. The molecule has 0 bridgehead atoms. The number of benzene rings is 1. The van der Waals surface area contributed by atoms with Crippen molar-refractivity contribution in [1.82, 2.24) is 0 Å². The van der Waals surface area contributed by atoms with Crippen molar-refractivity contribution < 1.29 is 22.7 Å². The number of rotatable bonds is 3. The Balaban J connectivity index is 3.50. The van der Waals surface area contributed by atoms with Crippen LogP contribution in [0.1, 0.15) is 22.8 Å². The van der Waals surface area contributed by atoms with Crippen molar-refractivity contribution in [3.63, 3.8) is 0 Å². The third-order valence-corrected chi connectivity index (χ3v) is 2.95. The zero-order chi connectivity index (χ0) is 13.2. The van der Waals surface area contributed by atoms with Crippen LogP contribution >= 0.6 is 11.8 Å². The summed E-state index contributed by atoms with van der Waals surface area (Å²) in [6.45, 7) is 1.30. The summed E-state index contributed by atoms with van der Waals surface area (Å²) in [6.07, 6.45) is -2.84. The van der Waals surface area contributed by atoms with Crippen LogP contribution < -0.4 is 4.74 Å². The maximum atomic E-state index is 12.6. The molecule has 0 saturated heterocycles. The highest BCUT2D eigenvalue weighted by Crippen LogP contribution is 2.38. The lowest BCUT2D eigenvalue weighted by Gasteiger charge is -2.14. The van der Waals surface area contributed by atoms with Crippen LogP contribution in [0.4, 0.5) is 13.2 Å². The summed E-state index contributed by atoms with van der Waals surface area (Å²) >= 11 is 1.08. The summed E-state index contributed by atoms with van der Waals surface area (Å²) in [5, 5.41) is 0. The van der Waals surface area contributed by atoms with Crippen molar-refractivity contribution >= 4 is 17.5 Å². The van der Waals surface area contributed by atoms with Crippen molar-refractivity contribution in [2.75, 3.05) is 13.4 Å². The van der Waals surface area contributed by atoms with E-state index in [1.807, 2.05) is 0 Å². The lowest BCUT2D eigenvalue weighted by Crippen LogP contribution is -2.08. The Labute approximate surface area is 101 Å². The topological polar surface area (TPSA) is 26.3 Å². The van der Waals surface area contributed by atoms with Crippen molar-refractivity contribution in [2.24, 2.45) is 0 Å². The van der Waals surface area contributed by atoms with Crippen LogP contribution in [-0.2, 0) is 6.18 Å². The molecule has 0 heterocycles. The maximum absolute atomic E-state index is 12.6. The first-order valence-electron chi connectivity index (χ1n) is 4.65. The van der Waals surface area contributed by atoms with Crippen LogP contribution in [0.25, 0.3) is 0 Å². The van der Waals surface area contributed by atoms with Crippen molar-refractivity contribution in [3.05, 3.63) is 23.3 Å². The fraction of sp³-hybridized carbons (Fsp3) is 0.364. The number of Topliss-reactive ketones (excluding diaryl/α,β-unsaturated/α-hetero) is 1. The lowest BCUT2D eigenvalue weighted by atomic mass is 10.1. The van der Waals surface area contributed by atoms with Crippen LogP contribution in [0.15, 0.2) is 17.0 Å². The van der Waals surface area contributed by atoms with E-state index >= 15 is 0 Å². The van der Waals surface area contributed by atoms with Crippen LogP contribution in [-0.4, -0.2) is 19.1 Å². The molecule has 2 nitrogen and oxygen atoms in total. The number of methoxy groups -OCH3 is 1. The average Bonchev–Trinajstić information content (AvgIpc) is 2.25. The highest BCUT2D eigenvalue weighted by Gasteiger charge is 2.33. The van der Waals surface area contributed by atoms with Gasteiger partial charge in [0.2, 0.25) is 0 Å². The minimum Gasteiger partial charge on any atom is -0.496 e. The summed E-state index contributed by atoms with van der Waals surface area (Å²) in [5.41, 5.74) is -0.628. The van der Waals surface area contributed by atoms with E-state index < -0.39 is 11.7 Å². The molecule has 0 aromatic heterocycles. The highest BCUT2D eigenvalue weighted by molar-refractivity contribution is 7.98. The molecule has 0 fully saturated rings. The fourth-order valence-electron chi connectivity index (χ4n) is 1.42. The fourth-order valence-corrected chi connectivity index (χ4v) is 2.12. The standard InChI is InChI=1S/C11H11F3O2S/c1-6(15)10-8(16-2)4-7(11(12,13)14)5-9(10)17-3/h4-5H,1-3H3. The van der Waals surface area contributed by atoms with E-state index in [1.54, 1.807) is 6.26 Å². The second-order valence-electron chi connectivity index (χ2n) is 3.31. The van der Waals surface area contributed by atoms with E-state index in [0.29, 0.717) is 0 Å². The van der Waals surface area contributed by atoms with E-state index in [0.717, 1.165) is 23.9 Å². The van der Waals surface area contributed by atoms with E-state index in [4.69, 9.17) is 4.74 Å². The quantitative estimate of drug-likeness (QED) is 0.616. The van der Waals surface area contributed by atoms with E-state index in [-0.39, 0.29) is 22.0 Å². The largest absolute Gasteiger partial charge is 0.496 e. The Bertz CT molecular complexity index is 416. The van der Waals surface area contributed by atoms with Gasteiger partial charge in [-0.15, -0.1) is 11.8 Å². The monoisotopic (exact) mass is 264 g/mol. The normalized spacial score (nSPS) is 11.4. The minimum absolute atomic E-state index is 0.0447. The average molecular weight is 264 g/mol. The third-order valence-electron chi connectivity index (χ3n) is 2.19. The van der Waals surface area contributed by atoms with Crippen molar-refractivity contribution in [1.29, 1.82) is 0 Å². The molecule has 0 aliphatic heterocycles. The van der Waals surface area contributed by atoms with E-state index in [1.165, 1.54) is 14.0 Å². The van der Waals surface area contributed by atoms with Gasteiger partial charge >= 0.3 is 6.18 Å². The Morgan fingerprint density at radius 3 is 2.29 bits per heavy atom. The predicted octanol–water partition coefficient (Wildman–Crippen LogP) is 3.64. The molecule has 0 N–H and O–H groups in total. The Morgan fingerprint density at radius 1 is 1.35 bits per heavy atom. The number of alkyl halides is 3. The summed E-state index contributed by atoms with van der Waals surface area (Å²) < 4.78 is 42.7. The summed E-state index contributed by atoms with van der Waals surface area (Å²) in [7, 11) is 1.24. The van der Waals surface area contributed by atoms with Crippen LogP contribution in [0, 0.1) is 0 Å². The number of thioether (sulfide) groups is 1. The van der Waals surface area contributed by atoms with Crippen LogP contribution in [0.2, 0.25) is 0 Å². The van der Waals surface area contributed by atoms with Gasteiger partial charge in [0.1, 0.15) is 5.75 Å². The molecule has 0 spiro atoms. The van der Waals surface area contributed by atoms with Gasteiger partial charge in [0.05, 0.1) is 18.2 Å². The van der Waals surface area contributed by atoms with E-state index in [9.17, 15) is 18.0 Å². The lowest BCUT2D eigenvalue weighted by molar-refractivity contribution is -0.137. The van der Waals surface area contributed by atoms with E-state index in [2.05, 4.69) is 0 Å². The molecule has 0 saturated carbocycles. The van der Waals surface area contributed by atoms with Crippen LogP contribution in [0.5, 0.6) is 5.75 Å². The van der Waals surface area contributed by atoms with Gasteiger partial charge in [0.25, 0.3) is 0 Å². The molecule has 0 aliphatic rings. The van der Waals surface area contributed by atoms with Gasteiger partial charge in [-0.1, -0.05) is 0 Å². The van der Waals surface area contributed by atoms with Gasteiger partial charge in [-0.25, -0.2) is 0 Å². The number of ether oxygens (including phenoxy) is 1. The molecule has 0 radical (unpaired) electrons. The van der Waals surface area contributed by atoms with Gasteiger partial charge in [-0.2, -0.15) is 13.2 Å². The van der Waals surface area contributed by atoms with Gasteiger partial charge in [-0.05, 0) is 25.3 Å². The SMILES string of the molecule is COc1cc(C(F)(F)F)cc(SC)c1C(C)=O. The molecule has 0 atom stereocenters. The predicted molar refractivity (Wildman–Crippen MR) is 59.8 cm³/mol. The zero-order valence-corrected chi connectivity index (χ0v) is 10.3. The molecule has 1 rings (SSSR count). The zero-order valence-electron chi connectivity index (χ0n) is 9.51. The molecule has 94 valence electrons. The first-order chi connectivity index (χ1) is 7.81.